The van der Waals surface area contributed by atoms with Crippen molar-refractivity contribution in [3.63, 3.8) is 0 Å². The van der Waals surface area contributed by atoms with Gasteiger partial charge in [-0.3, -0.25) is 0 Å². The van der Waals surface area contributed by atoms with E-state index in [-0.39, 0.29) is 5.56 Å². The summed E-state index contributed by atoms with van der Waals surface area (Å²) >= 11 is 0. The average Bonchev–Trinajstić information content (AvgIpc) is 2.48. The molecule has 2 heterocycles. The number of anilines is 1. The normalized spacial score (nSPS) is 15.4. The van der Waals surface area contributed by atoms with Crippen LogP contribution < -0.4 is 10.2 Å². The van der Waals surface area contributed by atoms with Gasteiger partial charge in [-0.1, -0.05) is 0 Å². The highest BCUT2D eigenvalue weighted by Gasteiger charge is 2.15. The molecule has 0 saturated carbocycles. The molecule has 7 heteroatoms. The maximum absolute atomic E-state index is 13.8. The van der Waals surface area contributed by atoms with E-state index in [1.54, 1.807) is 0 Å². The minimum absolute atomic E-state index is 0.220. The van der Waals surface area contributed by atoms with E-state index in [9.17, 15) is 8.78 Å². The first kappa shape index (κ1) is 12.9. The van der Waals surface area contributed by atoms with E-state index < -0.39 is 11.6 Å². The Morgan fingerprint density at radius 1 is 1.15 bits per heavy atom. The first-order valence-corrected chi connectivity index (χ1v) is 6.35. The third kappa shape index (κ3) is 2.57. The lowest BCUT2D eigenvalue weighted by atomic mass is 10.1. The highest BCUT2D eigenvalue weighted by Crippen LogP contribution is 2.22. The van der Waals surface area contributed by atoms with Gasteiger partial charge in [0, 0.05) is 37.8 Å². The molecule has 1 saturated heterocycles. The Morgan fingerprint density at radius 2 is 1.95 bits per heavy atom. The molecule has 1 aromatic heterocycles. The molecule has 1 aliphatic rings. The lowest BCUT2D eigenvalue weighted by Crippen LogP contribution is -2.44. The van der Waals surface area contributed by atoms with Crippen LogP contribution in [0.1, 0.15) is 0 Å². The molecule has 0 aliphatic carbocycles. The summed E-state index contributed by atoms with van der Waals surface area (Å²) in [7, 11) is 0. The SMILES string of the molecule is Fc1ccc(-c2cnnc(N3CCNCC3)n2)c(F)c1. The molecule has 1 fully saturated rings. The predicted molar refractivity (Wildman–Crippen MR) is 70.3 cm³/mol. The van der Waals surface area contributed by atoms with Crippen molar-refractivity contribution in [2.75, 3.05) is 31.1 Å². The van der Waals surface area contributed by atoms with Gasteiger partial charge in [0.2, 0.25) is 5.95 Å². The number of rotatable bonds is 2. The Morgan fingerprint density at radius 3 is 2.70 bits per heavy atom. The van der Waals surface area contributed by atoms with E-state index in [4.69, 9.17) is 0 Å². The second kappa shape index (κ2) is 5.46. The van der Waals surface area contributed by atoms with E-state index in [2.05, 4.69) is 20.5 Å². The number of benzene rings is 1. The van der Waals surface area contributed by atoms with Crippen LogP contribution in [-0.2, 0) is 0 Å². The standard InChI is InChI=1S/C13H13F2N5/c14-9-1-2-10(11(15)7-9)12-8-17-19-13(18-12)20-5-3-16-4-6-20/h1-2,7-8,16H,3-6H2. The minimum Gasteiger partial charge on any atom is -0.337 e. The lowest BCUT2D eigenvalue weighted by Gasteiger charge is -2.26. The van der Waals surface area contributed by atoms with Crippen LogP contribution in [0.25, 0.3) is 11.3 Å². The van der Waals surface area contributed by atoms with Crippen LogP contribution in [-0.4, -0.2) is 41.4 Å². The van der Waals surface area contributed by atoms with Crippen molar-refractivity contribution in [3.8, 4) is 11.3 Å². The number of hydrogen-bond acceptors (Lipinski definition) is 5. The molecule has 0 amide bonds. The van der Waals surface area contributed by atoms with Gasteiger partial charge in [-0.05, 0) is 12.1 Å². The van der Waals surface area contributed by atoms with Crippen LogP contribution in [0.3, 0.4) is 0 Å². The Labute approximate surface area is 114 Å². The molecular weight excluding hydrogens is 264 g/mol. The van der Waals surface area contributed by atoms with Gasteiger partial charge in [0.05, 0.1) is 11.9 Å². The second-order valence-corrected chi connectivity index (χ2v) is 4.50. The third-order valence-corrected chi connectivity index (χ3v) is 3.15. The van der Waals surface area contributed by atoms with Crippen molar-refractivity contribution >= 4 is 5.95 Å². The highest BCUT2D eigenvalue weighted by atomic mass is 19.1. The van der Waals surface area contributed by atoms with Crippen molar-refractivity contribution in [1.82, 2.24) is 20.5 Å². The van der Waals surface area contributed by atoms with Crippen molar-refractivity contribution < 1.29 is 8.78 Å². The van der Waals surface area contributed by atoms with Gasteiger partial charge in [-0.15, -0.1) is 5.10 Å². The first-order chi connectivity index (χ1) is 9.74. The van der Waals surface area contributed by atoms with Crippen LogP contribution >= 0.6 is 0 Å². The van der Waals surface area contributed by atoms with Crippen LogP contribution in [0.5, 0.6) is 0 Å². The van der Waals surface area contributed by atoms with Gasteiger partial charge in [0.25, 0.3) is 0 Å². The average molecular weight is 277 g/mol. The smallest absolute Gasteiger partial charge is 0.245 e. The molecular formula is C13H13F2N5. The molecule has 1 aromatic carbocycles. The number of nitrogens with one attached hydrogen (secondary N) is 1. The summed E-state index contributed by atoms with van der Waals surface area (Å²) in [6.07, 6.45) is 1.38. The number of hydrogen-bond donors (Lipinski definition) is 1. The van der Waals surface area contributed by atoms with Crippen LogP contribution in [0, 0.1) is 11.6 Å². The quantitative estimate of drug-likeness (QED) is 0.894. The van der Waals surface area contributed by atoms with E-state index in [1.807, 2.05) is 4.90 Å². The molecule has 0 atom stereocenters. The number of halogens is 2. The molecule has 0 bridgehead atoms. The zero-order valence-corrected chi connectivity index (χ0v) is 10.7. The van der Waals surface area contributed by atoms with Crippen LogP contribution in [0.15, 0.2) is 24.4 Å². The van der Waals surface area contributed by atoms with E-state index in [0.717, 1.165) is 32.2 Å². The molecule has 2 aromatic rings. The van der Waals surface area contributed by atoms with Crippen LogP contribution in [0.4, 0.5) is 14.7 Å². The summed E-state index contributed by atoms with van der Waals surface area (Å²) in [6.45, 7) is 3.24. The lowest BCUT2D eigenvalue weighted by molar-refractivity contribution is 0.576. The molecule has 1 N–H and O–H groups in total. The minimum atomic E-state index is -0.656. The summed E-state index contributed by atoms with van der Waals surface area (Å²) in [6, 6.07) is 3.39. The molecule has 0 radical (unpaired) electrons. The number of aromatic nitrogens is 3. The maximum Gasteiger partial charge on any atom is 0.245 e. The van der Waals surface area contributed by atoms with Gasteiger partial charge in [-0.2, -0.15) is 5.10 Å². The summed E-state index contributed by atoms with van der Waals surface area (Å²) in [4.78, 5) is 6.30. The first-order valence-electron chi connectivity index (χ1n) is 6.35. The summed E-state index contributed by atoms with van der Waals surface area (Å²) in [5, 5.41) is 11.1. The maximum atomic E-state index is 13.8. The largest absolute Gasteiger partial charge is 0.337 e. The fourth-order valence-corrected chi connectivity index (χ4v) is 2.12. The van der Waals surface area contributed by atoms with E-state index in [1.165, 1.54) is 18.3 Å². The van der Waals surface area contributed by atoms with Gasteiger partial charge < -0.3 is 10.2 Å². The predicted octanol–water partition coefficient (Wildman–Crippen LogP) is 1.23. The Bertz CT molecular complexity index is 613. The number of piperazine rings is 1. The molecule has 0 spiro atoms. The topological polar surface area (TPSA) is 53.9 Å². The summed E-state index contributed by atoms with van der Waals surface area (Å²) < 4.78 is 26.7. The van der Waals surface area contributed by atoms with Crippen molar-refractivity contribution in [2.45, 2.75) is 0 Å². The van der Waals surface area contributed by atoms with Gasteiger partial charge >= 0.3 is 0 Å². The fourth-order valence-electron chi connectivity index (χ4n) is 2.12. The summed E-state index contributed by atoms with van der Waals surface area (Å²) in [5.41, 5.74) is 0.573. The second-order valence-electron chi connectivity index (χ2n) is 4.50. The highest BCUT2D eigenvalue weighted by molar-refractivity contribution is 5.60. The van der Waals surface area contributed by atoms with E-state index in [0.29, 0.717) is 11.6 Å². The Balaban J connectivity index is 1.94. The Hall–Kier alpha value is -2.15. The van der Waals surface area contributed by atoms with Crippen molar-refractivity contribution in [2.24, 2.45) is 0 Å². The third-order valence-electron chi connectivity index (χ3n) is 3.15. The molecule has 20 heavy (non-hydrogen) atoms. The molecule has 5 nitrogen and oxygen atoms in total. The number of nitrogens with zero attached hydrogens (tertiary/aromatic N) is 4. The van der Waals surface area contributed by atoms with Crippen molar-refractivity contribution in [3.05, 3.63) is 36.0 Å². The van der Waals surface area contributed by atoms with Gasteiger partial charge in [0.15, 0.2) is 0 Å². The monoisotopic (exact) mass is 277 g/mol. The molecule has 0 unspecified atom stereocenters. The van der Waals surface area contributed by atoms with Crippen LogP contribution in [0.2, 0.25) is 0 Å². The fraction of sp³-hybridized carbons (Fsp3) is 0.308. The van der Waals surface area contributed by atoms with Gasteiger partial charge in [0.1, 0.15) is 11.6 Å². The molecule has 104 valence electrons. The zero-order valence-electron chi connectivity index (χ0n) is 10.7. The summed E-state index contributed by atoms with van der Waals surface area (Å²) in [5.74, 6) is -0.805. The van der Waals surface area contributed by atoms with E-state index >= 15 is 0 Å². The Kier molecular flexibility index (Phi) is 3.51. The van der Waals surface area contributed by atoms with Crippen molar-refractivity contribution in [1.29, 1.82) is 0 Å². The molecule has 1 aliphatic heterocycles. The molecule has 3 rings (SSSR count). The van der Waals surface area contributed by atoms with Gasteiger partial charge in [-0.25, -0.2) is 13.8 Å². The zero-order chi connectivity index (χ0) is 13.9.